The summed E-state index contributed by atoms with van der Waals surface area (Å²) in [7, 11) is 0. The predicted molar refractivity (Wildman–Crippen MR) is 141 cm³/mol. The molecule has 10 nitrogen and oxygen atoms in total. The van der Waals surface area contributed by atoms with E-state index >= 15 is 0 Å². The molecular weight excluding hydrogens is 504 g/mol. The number of nitrogens with one attached hydrogen (secondary N) is 1. The summed E-state index contributed by atoms with van der Waals surface area (Å²) in [6.07, 6.45) is 5.75. The molecule has 188 valence electrons. The van der Waals surface area contributed by atoms with E-state index in [4.69, 9.17) is 21.2 Å². The molecule has 1 N–H and O–H groups in total. The number of rotatable bonds is 6. The highest BCUT2D eigenvalue weighted by atomic mass is 35.5. The number of nitrogens with zero attached hydrogens (tertiary/aromatic N) is 7. The van der Waals surface area contributed by atoms with Crippen molar-refractivity contribution in [2.75, 3.05) is 0 Å². The van der Waals surface area contributed by atoms with E-state index in [1.807, 2.05) is 24.3 Å². The normalized spacial score (nSPS) is 12.2. The number of aryl methyl sites for hydroxylation is 1. The van der Waals surface area contributed by atoms with Crippen LogP contribution < -0.4 is 5.32 Å². The van der Waals surface area contributed by atoms with Gasteiger partial charge in [-0.15, -0.1) is 0 Å². The fraction of sp³-hybridized carbons (Fsp3) is 0.148. The van der Waals surface area contributed by atoms with Gasteiger partial charge in [0.15, 0.2) is 5.82 Å². The van der Waals surface area contributed by atoms with Gasteiger partial charge in [0.2, 0.25) is 5.89 Å². The van der Waals surface area contributed by atoms with E-state index in [0.29, 0.717) is 40.7 Å². The van der Waals surface area contributed by atoms with Crippen LogP contribution in [0.2, 0.25) is 5.02 Å². The summed E-state index contributed by atoms with van der Waals surface area (Å²) in [5, 5.41) is 12.8. The quantitative estimate of drug-likeness (QED) is 0.330. The highest BCUT2D eigenvalue weighted by Crippen LogP contribution is 2.30. The third-order valence-electron chi connectivity index (χ3n) is 6.15. The zero-order chi connectivity index (χ0) is 26.2. The van der Waals surface area contributed by atoms with Gasteiger partial charge in [0.1, 0.15) is 5.69 Å². The van der Waals surface area contributed by atoms with Crippen molar-refractivity contribution < 1.29 is 9.32 Å². The maximum absolute atomic E-state index is 13.0. The van der Waals surface area contributed by atoms with E-state index in [9.17, 15) is 4.79 Å². The molecule has 0 aliphatic heterocycles. The molecule has 6 rings (SSSR count). The molecule has 0 aliphatic rings. The minimum absolute atomic E-state index is 0.263. The number of hydrogen-bond donors (Lipinski definition) is 1. The molecule has 1 atom stereocenters. The van der Waals surface area contributed by atoms with Crippen LogP contribution in [0.5, 0.6) is 0 Å². The van der Waals surface area contributed by atoms with Crippen LogP contribution in [-0.4, -0.2) is 40.6 Å². The van der Waals surface area contributed by atoms with Crippen LogP contribution in [0.4, 0.5) is 0 Å². The fourth-order valence-electron chi connectivity index (χ4n) is 4.24. The topological polar surface area (TPSA) is 124 Å². The van der Waals surface area contributed by atoms with Crippen molar-refractivity contribution in [3.63, 3.8) is 0 Å². The second-order valence-electron chi connectivity index (χ2n) is 8.85. The molecule has 38 heavy (non-hydrogen) atoms. The van der Waals surface area contributed by atoms with Crippen LogP contribution >= 0.6 is 11.6 Å². The Morgan fingerprint density at radius 2 is 1.97 bits per heavy atom. The first-order valence-electron chi connectivity index (χ1n) is 11.9. The van der Waals surface area contributed by atoms with E-state index in [1.54, 1.807) is 55.2 Å². The Labute approximate surface area is 221 Å². The molecule has 2 aromatic carbocycles. The van der Waals surface area contributed by atoms with Gasteiger partial charge in [-0.05, 0) is 36.8 Å². The summed E-state index contributed by atoms with van der Waals surface area (Å²) in [6, 6.07) is 14.8. The lowest BCUT2D eigenvalue weighted by Gasteiger charge is -2.13. The number of hydrogen-bond acceptors (Lipinski definition) is 8. The standard InChI is InChI=1S/C27H21ClN8O2/c1-15(25-33-16(2)38-35-25)32-26(37)21-7-3-6-20(24(21)28)23-14-31-27-30-13-19(36(27)34-23)12-17-8-9-22-18(11-17)5-4-10-29-22/h3-11,13-15H,12H2,1-2H3,(H,32,37)/t15-/m0/s1. The Balaban J connectivity index is 1.30. The first-order valence-corrected chi connectivity index (χ1v) is 12.3. The van der Waals surface area contributed by atoms with Gasteiger partial charge in [0, 0.05) is 30.5 Å². The molecule has 0 saturated carbocycles. The van der Waals surface area contributed by atoms with Crippen molar-refractivity contribution in [3.8, 4) is 11.3 Å². The van der Waals surface area contributed by atoms with Gasteiger partial charge in [-0.3, -0.25) is 9.78 Å². The molecule has 0 saturated heterocycles. The largest absolute Gasteiger partial charge is 0.342 e. The molecule has 0 radical (unpaired) electrons. The van der Waals surface area contributed by atoms with Crippen molar-refractivity contribution in [3.05, 3.63) is 101 Å². The summed E-state index contributed by atoms with van der Waals surface area (Å²) in [5.41, 5.74) is 4.30. The van der Waals surface area contributed by atoms with Gasteiger partial charge in [-0.2, -0.15) is 10.1 Å². The Hall–Kier alpha value is -4.70. The molecule has 6 aromatic rings. The minimum atomic E-state index is -0.463. The maximum atomic E-state index is 13.0. The second-order valence-corrected chi connectivity index (χ2v) is 9.22. The number of imidazole rings is 1. The van der Waals surface area contributed by atoms with E-state index < -0.39 is 6.04 Å². The van der Waals surface area contributed by atoms with Crippen molar-refractivity contribution in [2.45, 2.75) is 26.3 Å². The van der Waals surface area contributed by atoms with Gasteiger partial charge in [0.25, 0.3) is 11.7 Å². The molecule has 0 bridgehead atoms. The molecule has 4 aromatic heterocycles. The van der Waals surface area contributed by atoms with Gasteiger partial charge < -0.3 is 9.84 Å². The van der Waals surface area contributed by atoms with Gasteiger partial charge in [0.05, 0.1) is 40.2 Å². The van der Waals surface area contributed by atoms with Crippen molar-refractivity contribution >= 4 is 34.2 Å². The number of pyridine rings is 1. The lowest BCUT2D eigenvalue weighted by molar-refractivity contribution is 0.0938. The Morgan fingerprint density at radius 1 is 1.11 bits per heavy atom. The zero-order valence-electron chi connectivity index (χ0n) is 20.5. The highest BCUT2D eigenvalue weighted by Gasteiger charge is 2.20. The smallest absolute Gasteiger partial charge is 0.253 e. The number of halogens is 1. The Morgan fingerprint density at radius 3 is 2.82 bits per heavy atom. The van der Waals surface area contributed by atoms with Crippen LogP contribution in [0.1, 0.15) is 46.3 Å². The first-order chi connectivity index (χ1) is 18.5. The van der Waals surface area contributed by atoms with Crippen LogP contribution in [0.25, 0.3) is 27.9 Å². The van der Waals surface area contributed by atoms with Crippen LogP contribution in [0, 0.1) is 6.92 Å². The molecule has 0 fully saturated rings. The maximum Gasteiger partial charge on any atom is 0.253 e. The van der Waals surface area contributed by atoms with Gasteiger partial charge in [-0.25, -0.2) is 14.5 Å². The Bertz CT molecular complexity index is 1810. The SMILES string of the molecule is Cc1nc([C@H](C)NC(=O)c2cccc(-c3cnc4ncc(Cc5ccc6ncccc6c5)n4n3)c2Cl)no1. The number of aromatic nitrogens is 7. The van der Waals surface area contributed by atoms with E-state index in [1.165, 1.54) is 0 Å². The second kappa shape index (κ2) is 9.64. The van der Waals surface area contributed by atoms with E-state index in [0.717, 1.165) is 22.2 Å². The monoisotopic (exact) mass is 524 g/mol. The summed E-state index contributed by atoms with van der Waals surface area (Å²) in [4.78, 5) is 30.4. The Kier molecular flexibility index (Phi) is 6.01. The molecule has 0 unspecified atom stereocenters. The number of carbonyl (C=O) groups is 1. The van der Waals surface area contributed by atoms with Crippen LogP contribution in [0.15, 0.2) is 71.6 Å². The molecule has 11 heteroatoms. The first kappa shape index (κ1) is 23.7. The van der Waals surface area contributed by atoms with E-state index in [-0.39, 0.29) is 10.9 Å². The predicted octanol–water partition coefficient (Wildman–Crippen LogP) is 4.77. The lowest BCUT2D eigenvalue weighted by Crippen LogP contribution is -2.27. The fourth-order valence-corrected chi connectivity index (χ4v) is 4.55. The average Bonchev–Trinajstić information content (AvgIpc) is 3.54. The molecule has 4 heterocycles. The lowest BCUT2D eigenvalue weighted by atomic mass is 10.1. The third-order valence-corrected chi connectivity index (χ3v) is 6.56. The molecule has 0 aliphatic carbocycles. The summed E-state index contributed by atoms with van der Waals surface area (Å²) in [6.45, 7) is 3.46. The molecular formula is C27H21ClN8O2. The van der Waals surface area contributed by atoms with Crippen molar-refractivity contribution in [1.29, 1.82) is 0 Å². The molecule has 0 spiro atoms. The number of fused-ring (bicyclic) bond motifs is 2. The zero-order valence-corrected chi connectivity index (χ0v) is 21.2. The van der Waals surface area contributed by atoms with E-state index in [2.05, 4.69) is 36.5 Å². The molecule has 1 amide bonds. The average molecular weight is 525 g/mol. The summed E-state index contributed by atoms with van der Waals surface area (Å²) >= 11 is 6.71. The highest BCUT2D eigenvalue weighted by molar-refractivity contribution is 6.36. The summed E-state index contributed by atoms with van der Waals surface area (Å²) in [5.74, 6) is 0.914. The number of benzene rings is 2. The van der Waals surface area contributed by atoms with Crippen molar-refractivity contribution in [2.24, 2.45) is 0 Å². The van der Waals surface area contributed by atoms with Crippen LogP contribution in [0.3, 0.4) is 0 Å². The number of amides is 1. The van der Waals surface area contributed by atoms with Crippen LogP contribution in [-0.2, 0) is 6.42 Å². The minimum Gasteiger partial charge on any atom is -0.342 e. The number of carbonyl (C=O) groups excluding carboxylic acids is 1. The van der Waals surface area contributed by atoms with Gasteiger partial charge >= 0.3 is 0 Å². The third kappa shape index (κ3) is 4.46. The van der Waals surface area contributed by atoms with Crippen molar-refractivity contribution in [1.82, 2.24) is 40.0 Å². The van der Waals surface area contributed by atoms with Gasteiger partial charge in [-0.1, -0.05) is 41.0 Å². The summed E-state index contributed by atoms with van der Waals surface area (Å²) < 4.78 is 6.71.